The molecule has 1 heterocycles. The minimum Gasteiger partial charge on any atom is -0.430 e. The van der Waals surface area contributed by atoms with E-state index in [4.69, 9.17) is 33.5 Å². The van der Waals surface area contributed by atoms with Crippen LogP contribution in [0.15, 0.2) is 0 Å². The summed E-state index contributed by atoms with van der Waals surface area (Å²) in [4.78, 5) is 38.4. The number of rotatable bonds is 18. The summed E-state index contributed by atoms with van der Waals surface area (Å²) in [6.45, 7) is 3.63. The monoisotopic (exact) mass is 423 g/mol. The first-order valence-corrected chi connectivity index (χ1v) is 9.35. The second-order valence-corrected chi connectivity index (χ2v) is 5.56. The van der Waals surface area contributed by atoms with Gasteiger partial charge in [-0.3, -0.25) is 14.4 Å². The van der Waals surface area contributed by atoms with Crippen LogP contribution in [-0.2, 0) is 42.8 Å². The van der Waals surface area contributed by atoms with Crippen molar-refractivity contribution >= 4 is 18.0 Å². The van der Waals surface area contributed by atoms with Crippen LogP contribution in [0.4, 0.5) is 4.79 Å². The predicted octanol–water partition coefficient (Wildman–Crippen LogP) is -0.721. The second-order valence-electron chi connectivity index (χ2n) is 5.56. The SMILES string of the molecule is O=C(OCCOCCOCCOCCOCCOCCO)ON1C(=O)CCC1=O. The minimum atomic E-state index is -1.13. The average molecular weight is 423 g/mol. The molecule has 29 heavy (non-hydrogen) atoms. The van der Waals surface area contributed by atoms with E-state index in [9.17, 15) is 14.4 Å². The number of carbonyl (C=O) groups is 3. The van der Waals surface area contributed by atoms with Gasteiger partial charge in [-0.25, -0.2) is 4.79 Å². The highest BCUT2D eigenvalue weighted by atomic mass is 16.8. The first kappa shape index (κ1) is 25.2. The van der Waals surface area contributed by atoms with E-state index >= 15 is 0 Å². The maximum Gasteiger partial charge on any atom is 0.534 e. The predicted molar refractivity (Wildman–Crippen MR) is 94.7 cm³/mol. The van der Waals surface area contributed by atoms with Crippen molar-refractivity contribution in [2.24, 2.45) is 0 Å². The van der Waals surface area contributed by atoms with Gasteiger partial charge < -0.3 is 33.5 Å². The lowest BCUT2D eigenvalue weighted by molar-refractivity contribution is -0.177. The van der Waals surface area contributed by atoms with E-state index < -0.39 is 18.0 Å². The van der Waals surface area contributed by atoms with Crippen LogP contribution in [0.25, 0.3) is 0 Å². The third-order valence-electron chi connectivity index (χ3n) is 3.34. The summed E-state index contributed by atoms with van der Waals surface area (Å²) < 4.78 is 30.8. The standard InChI is InChI=1S/C17H29NO11/c19-3-4-23-5-6-24-7-8-25-9-10-26-11-12-27-13-14-28-17(22)29-18-15(20)1-2-16(18)21/h19H,1-14H2. The minimum absolute atomic E-state index is 0.00175. The van der Waals surface area contributed by atoms with Crippen LogP contribution < -0.4 is 0 Å². The molecule has 0 unspecified atom stereocenters. The number of hydrogen-bond donors (Lipinski definition) is 1. The van der Waals surface area contributed by atoms with Crippen LogP contribution in [-0.4, -0.2) is 107 Å². The van der Waals surface area contributed by atoms with Crippen molar-refractivity contribution in [2.75, 3.05) is 79.3 Å². The first-order chi connectivity index (χ1) is 14.1. The third kappa shape index (κ3) is 13.1. The third-order valence-corrected chi connectivity index (χ3v) is 3.34. The normalized spacial score (nSPS) is 13.9. The molecule has 0 atom stereocenters. The van der Waals surface area contributed by atoms with Gasteiger partial charge in [-0.05, 0) is 0 Å². The summed E-state index contributed by atoms with van der Waals surface area (Å²) in [5.74, 6) is -1.14. The maximum atomic E-state index is 11.3. The molecule has 0 aromatic rings. The fourth-order valence-electron chi connectivity index (χ4n) is 1.99. The number of carbonyl (C=O) groups excluding carboxylic acids is 3. The van der Waals surface area contributed by atoms with Crippen LogP contribution in [0.5, 0.6) is 0 Å². The Hall–Kier alpha value is -1.83. The Bertz CT molecular complexity index is 458. The van der Waals surface area contributed by atoms with Crippen molar-refractivity contribution in [3.05, 3.63) is 0 Å². The van der Waals surface area contributed by atoms with Crippen molar-refractivity contribution in [1.29, 1.82) is 0 Å². The molecule has 0 aromatic carbocycles. The molecule has 1 aliphatic heterocycles. The number of ether oxygens (including phenoxy) is 6. The van der Waals surface area contributed by atoms with Crippen molar-refractivity contribution in [3.8, 4) is 0 Å². The van der Waals surface area contributed by atoms with Gasteiger partial charge in [-0.15, -0.1) is 0 Å². The van der Waals surface area contributed by atoms with Crippen molar-refractivity contribution in [2.45, 2.75) is 12.8 Å². The molecule has 1 aliphatic rings. The Kier molecular flexibility index (Phi) is 14.8. The number of hydrogen-bond acceptors (Lipinski definition) is 11. The van der Waals surface area contributed by atoms with E-state index in [1.54, 1.807) is 0 Å². The zero-order chi connectivity index (χ0) is 21.2. The molecule has 0 radical (unpaired) electrons. The number of hydroxylamine groups is 2. The molecule has 12 heteroatoms. The topological polar surface area (TPSA) is 139 Å². The Labute approximate surface area is 168 Å². The molecule has 0 aliphatic carbocycles. The molecule has 0 aromatic heterocycles. The zero-order valence-corrected chi connectivity index (χ0v) is 16.4. The van der Waals surface area contributed by atoms with Gasteiger partial charge in [0.2, 0.25) is 0 Å². The fourth-order valence-corrected chi connectivity index (χ4v) is 1.99. The van der Waals surface area contributed by atoms with E-state index in [2.05, 4.69) is 4.84 Å². The van der Waals surface area contributed by atoms with Crippen LogP contribution in [0.2, 0.25) is 0 Å². The molecular weight excluding hydrogens is 394 g/mol. The molecule has 0 bridgehead atoms. The van der Waals surface area contributed by atoms with Crippen LogP contribution in [0.3, 0.4) is 0 Å². The van der Waals surface area contributed by atoms with Gasteiger partial charge in [0.25, 0.3) is 11.8 Å². The smallest absolute Gasteiger partial charge is 0.430 e. The Morgan fingerprint density at radius 3 is 1.48 bits per heavy atom. The lowest BCUT2D eigenvalue weighted by atomic mass is 10.4. The van der Waals surface area contributed by atoms with Crippen LogP contribution in [0.1, 0.15) is 12.8 Å². The van der Waals surface area contributed by atoms with E-state index in [0.717, 1.165) is 0 Å². The van der Waals surface area contributed by atoms with E-state index in [0.29, 0.717) is 64.5 Å². The Balaban J connectivity index is 1.77. The van der Waals surface area contributed by atoms with Crippen LogP contribution in [0, 0.1) is 0 Å². The van der Waals surface area contributed by atoms with E-state index in [-0.39, 0.29) is 32.7 Å². The Morgan fingerprint density at radius 1 is 0.690 bits per heavy atom. The highest BCUT2D eigenvalue weighted by Gasteiger charge is 2.33. The molecule has 2 amide bonds. The molecule has 0 saturated carbocycles. The summed E-state index contributed by atoms with van der Waals surface area (Å²) in [6, 6.07) is 0. The van der Waals surface area contributed by atoms with E-state index in [1.165, 1.54) is 0 Å². The van der Waals surface area contributed by atoms with E-state index in [1.807, 2.05) is 0 Å². The van der Waals surface area contributed by atoms with Gasteiger partial charge in [0.1, 0.15) is 6.61 Å². The summed E-state index contributed by atoms with van der Waals surface area (Å²) in [7, 11) is 0. The van der Waals surface area contributed by atoms with Gasteiger partial charge in [-0.1, -0.05) is 5.06 Å². The fraction of sp³-hybridized carbons (Fsp3) is 0.824. The van der Waals surface area contributed by atoms with Crippen molar-refractivity contribution < 1.29 is 52.7 Å². The molecule has 1 fully saturated rings. The molecule has 0 spiro atoms. The van der Waals surface area contributed by atoms with Gasteiger partial charge in [0, 0.05) is 12.8 Å². The number of imide groups is 1. The summed E-state index contributed by atoms with van der Waals surface area (Å²) in [5.41, 5.74) is 0. The molecule has 1 rings (SSSR count). The quantitative estimate of drug-likeness (QED) is 0.170. The zero-order valence-electron chi connectivity index (χ0n) is 16.4. The lowest BCUT2D eigenvalue weighted by Crippen LogP contribution is -2.32. The number of amides is 2. The molecule has 1 N–H and O–H groups in total. The molecule has 168 valence electrons. The second kappa shape index (κ2) is 17.1. The molecule has 1 saturated heterocycles. The summed E-state index contributed by atoms with van der Waals surface area (Å²) in [5, 5.41) is 8.93. The lowest BCUT2D eigenvalue weighted by Gasteiger charge is -2.12. The number of aliphatic hydroxyl groups is 1. The first-order valence-electron chi connectivity index (χ1n) is 9.35. The highest BCUT2D eigenvalue weighted by Crippen LogP contribution is 2.12. The van der Waals surface area contributed by atoms with Gasteiger partial charge in [0.05, 0.1) is 72.7 Å². The maximum absolute atomic E-state index is 11.3. The van der Waals surface area contributed by atoms with Gasteiger partial charge in [-0.2, -0.15) is 0 Å². The van der Waals surface area contributed by atoms with Crippen molar-refractivity contribution in [3.63, 3.8) is 0 Å². The highest BCUT2D eigenvalue weighted by molar-refractivity contribution is 6.01. The molecular formula is C17H29NO11. The van der Waals surface area contributed by atoms with Gasteiger partial charge >= 0.3 is 6.16 Å². The van der Waals surface area contributed by atoms with Gasteiger partial charge in [0.15, 0.2) is 0 Å². The van der Waals surface area contributed by atoms with Crippen LogP contribution >= 0.6 is 0 Å². The number of aliphatic hydroxyl groups excluding tert-OH is 1. The largest absolute Gasteiger partial charge is 0.534 e. The summed E-state index contributed by atoms with van der Waals surface area (Å²) in [6.07, 6.45) is -1.09. The average Bonchev–Trinajstić information content (AvgIpc) is 3.02. The summed E-state index contributed by atoms with van der Waals surface area (Å²) >= 11 is 0. The Morgan fingerprint density at radius 2 is 1.07 bits per heavy atom. The molecule has 12 nitrogen and oxygen atoms in total. The number of nitrogens with zero attached hydrogens (tertiary/aromatic N) is 1. The van der Waals surface area contributed by atoms with Crippen molar-refractivity contribution in [1.82, 2.24) is 5.06 Å².